The summed E-state index contributed by atoms with van der Waals surface area (Å²) < 4.78 is 22.3. The molecular weight excluding hydrogens is 238 g/mol. The van der Waals surface area contributed by atoms with Crippen LogP contribution in [-0.2, 0) is 9.05 Å². The van der Waals surface area contributed by atoms with E-state index in [0.29, 0.717) is 5.69 Å². The summed E-state index contributed by atoms with van der Waals surface area (Å²) in [6.07, 6.45) is 0.197. The highest BCUT2D eigenvalue weighted by Gasteiger charge is 2.19. The summed E-state index contributed by atoms with van der Waals surface area (Å²) in [6.45, 7) is 1.64. The predicted molar refractivity (Wildman–Crippen MR) is 58.5 cm³/mol. The molecule has 1 aromatic carbocycles. The number of nitrogen functional groups attached to an aromatic ring is 1. The number of carbonyl (C=O) groups excluding carboxylic acids is 1. The molecule has 0 aromatic heterocycles. The molecule has 0 saturated heterocycles. The highest BCUT2D eigenvalue weighted by Crippen LogP contribution is 2.23. The van der Waals surface area contributed by atoms with Gasteiger partial charge in [0.1, 0.15) is 0 Å². The van der Waals surface area contributed by atoms with Gasteiger partial charge in [0, 0.05) is 28.4 Å². The lowest BCUT2D eigenvalue weighted by Gasteiger charge is -2.05. The molecule has 0 aliphatic carbocycles. The van der Waals surface area contributed by atoms with Crippen molar-refractivity contribution in [1.82, 2.24) is 0 Å². The van der Waals surface area contributed by atoms with Gasteiger partial charge < -0.3 is 5.73 Å². The summed E-state index contributed by atoms with van der Waals surface area (Å²) in [6, 6.07) is 3.95. The molecule has 15 heavy (non-hydrogen) atoms. The SMILES string of the molecule is CCC(=O)c1cc(N)ccc1S(=O)(=O)Cl. The Bertz CT molecular complexity index is 496. The molecule has 0 saturated carbocycles. The van der Waals surface area contributed by atoms with Gasteiger partial charge in [-0.05, 0) is 18.2 Å². The molecule has 4 nitrogen and oxygen atoms in total. The van der Waals surface area contributed by atoms with Gasteiger partial charge in [-0.25, -0.2) is 8.42 Å². The molecule has 82 valence electrons. The second-order valence-electron chi connectivity index (χ2n) is 2.97. The Morgan fingerprint density at radius 3 is 2.53 bits per heavy atom. The number of Topliss-reactive ketones (excluding diaryl/α,β-unsaturated/α-hetero) is 1. The monoisotopic (exact) mass is 247 g/mol. The van der Waals surface area contributed by atoms with Crippen molar-refractivity contribution in [3.05, 3.63) is 23.8 Å². The number of benzene rings is 1. The number of anilines is 1. The lowest BCUT2D eigenvalue weighted by Crippen LogP contribution is -2.05. The van der Waals surface area contributed by atoms with E-state index < -0.39 is 9.05 Å². The van der Waals surface area contributed by atoms with Crippen LogP contribution in [0.4, 0.5) is 5.69 Å². The van der Waals surface area contributed by atoms with E-state index in [1.54, 1.807) is 6.92 Å². The van der Waals surface area contributed by atoms with E-state index in [2.05, 4.69) is 0 Å². The van der Waals surface area contributed by atoms with Gasteiger partial charge in [-0.1, -0.05) is 6.92 Å². The Morgan fingerprint density at radius 1 is 1.47 bits per heavy atom. The Morgan fingerprint density at radius 2 is 2.07 bits per heavy atom. The van der Waals surface area contributed by atoms with E-state index in [-0.39, 0.29) is 22.7 Å². The first-order chi connectivity index (χ1) is 6.86. The van der Waals surface area contributed by atoms with Gasteiger partial charge in [-0.3, -0.25) is 4.79 Å². The topological polar surface area (TPSA) is 77.2 Å². The summed E-state index contributed by atoms with van der Waals surface area (Å²) in [5.41, 5.74) is 5.85. The van der Waals surface area contributed by atoms with Crippen LogP contribution in [0.3, 0.4) is 0 Å². The molecule has 0 heterocycles. The fourth-order valence-electron chi connectivity index (χ4n) is 1.17. The average Bonchev–Trinajstić information content (AvgIpc) is 2.14. The zero-order valence-electron chi connectivity index (χ0n) is 8.03. The van der Waals surface area contributed by atoms with E-state index >= 15 is 0 Å². The largest absolute Gasteiger partial charge is 0.399 e. The van der Waals surface area contributed by atoms with Gasteiger partial charge in [0.2, 0.25) is 0 Å². The first-order valence-corrected chi connectivity index (χ1v) is 6.54. The molecule has 0 spiro atoms. The zero-order valence-corrected chi connectivity index (χ0v) is 9.60. The number of carbonyl (C=O) groups is 1. The number of ketones is 1. The summed E-state index contributed by atoms with van der Waals surface area (Å²) in [5.74, 6) is -0.304. The molecule has 0 unspecified atom stereocenters. The van der Waals surface area contributed by atoms with E-state index in [1.165, 1.54) is 18.2 Å². The summed E-state index contributed by atoms with van der Waals surface area (Å²) in [7, 11) is 1.29. The highest BCUT2D eigenvalue weighted by atomic mass is 35.7. The molecule has 0 fully saturated rings. The Balaban J connectivity index is 3.47. The van der Waals surface area contributed by atoms with Crippen molar-refractivity contribution in [3.63, 3.8) is 0 Å². The fraction of sp³-hybridized carbons (Fsp3) is 0.222. The molecule has 1 aromatic rings. The van der Waals surface area contributed by atoms with Crippen molar-refractivity contribution in [2.75, 3.05) is 5.73 Å². The van der Waals surface area contributed by atoms with Gasteiger partial charge in [0.25, 0.3) is 9.05 Å². The number of nitrogens with two attached hydrogens (primary N) is 1. The van der Waals surface area contributed by atoms with Crippen LogP contribution >= 0.6 is 10.7 Å². The van der Waals surface area contributed by atoms with Crippen molar-refractivity contribution in [3.8, 4) is 0 Å². The van der Waals surface area contributed by atoms with Crippen LogP contribution in [0.15, 0.2) is 23.1 Å². The van der Waals surface area contributed by atoms with E-state index in [9.17, 15) is 13.2 Å². The van der Waals surface area contributed by atoms with Crippen LogP contribution in [0.1, 0.15) is 23.7 Å². The van der Waals surface area contributed by atoms with Crippen LogP contribution in [0.25, 0.3) is 0 Å². The van der Waals surface area contributed by atoms with Crippen LogP contribution in [0, 0.1) is 0 Å². The maximum absolute atomic E-state index is 11.5. The maximum atomic E-state index is 11.5. The number of halogens is 1. The summed E-state index contributed by atoms with van der Waals surface area (Å²) in [5, 5.41) is 0. The first-order valence-electron chi connectivity index (χ1n) is 4.23. The smallest absolute Gasteiger partial charge is 0.262 e. The van der Waals surface area contributed by atoms with Gasteiger partial charge in [0.05, 0.1) is 4.90 Å². The van der Waals surface area contributed by atoms with Crippen LogP contribution in [0.5, 0.6) is 0 Å². The van der Waals surface area contributed by atoms with Gasteiger partial charge in [-0.15, -0.1) is 0 Å². The second kappa shape index (κ2) is 4.20. The predicted octanol–water partition coefficient (Wildman–Crippen LogP) is 1.79. The highest BCUT2D eigenvalue weighted by molar-refractivity contribution is 8.13. The zero-order chi connectivity index (χ0) is 11.6. The Hall–Kier alpha value is -1.07. The molecule has 6 heteroatoms. The standard InChI is InChI=1S/C9H10ClNO3S/c1-2-8(12)7-5-6(11)3-4-9(7)15(10,13)14/h3-5H,2,11H2,1H3. The van der Waals surface area contributed by atoms with Crippen LogP contribution < -0.4 is 5.73 Å². The minimum absolute atomic E-state index is 0.0486. The van der Waals surface area contributed by atoms with Crippen molar-refractivity contribution in [2.24, 2.45) is 0 Å². The minimum atomic E-state index is -3.91. The number of rotatable bonds is 3. The third kappa shape index (κ3) is 2.70. The first kappa shape index (κ1) is 12.0. The van der Waals surface area contributed by atoms with E-state index in [4.69, 9.17) is 16.4 Å². The number of hydrogen-bond donors (Lipinski definition) is 1. The van der Waals surface area contributed by atoms with Gasteiger partial charge in [-0.2, -0.15) is 0 Å². The molecule has 0 bridgehead atoms. The molecule has 0 aliphatic rings. The van der Waals surface area contributed by atoms with Crippen molar-refractivity contribution < 1.29 is 13.2 Å². The van der Waals surface area contributed by atoms with Crippen LogP contribution in [0.2, 0.25) is 0 Å². The van der Waals surface area contributed by atoms with Crippen molar-refractivity contribution >= 4 is 31.2 Å². The molecule has 1 rings (SSSR count). The van der Waals surface area contributed by atoms with Gasteiger partial charge >= 0.3 is 0 Å². The Labute approximate surface area is 92.5 Å². The second-order valence-corrected chi connectivity index (χ2v) is 5.50. The average molecular weight is 248 g/mol. The van der Waals surface area contributed by atoms with Crippen LogP contribution in [-0.4, -0.2) is 14.2 Å². The Kier molecular flexibility index (Phi) is 3.36. The molecule has 0 amide bonds. The third-order valence-corrected chi connectivity index (χ3v) is 3.27. The molecule has 0 atom stereocenters. The number of hydrogen-bond acceptors (Lipinski definition) is 4. The summed E-state index contributed by atoms with van der Waals surface area (Å²) >= 11 is 0. The molecule has 0 aliphatic heterocycles. The van der Waals surface area contributed by atoms with Crippen molar-refractivity contribution in [1.29, 1.82) is 0 Å². The third-order valence-electron chi connectivity index (χ3n) is 1.89. The summed E-state index contributed by atoms with van der Waals surface area (Å²) in [4.78, 5) is 11.3. The minimum Gasteiger partial charge on any atom is -0.399 e. The van der Waals surface area contributed by atoms with E-state index in [0.717, 1.165) is 0 Å². The van der Waals surface area contributed by atoms with Crippen molar-refractivity contribution in [2.45, 2.75) is 18.2 Å². The molecule has 2 N–H and O–H groups in total. The maximum Gasteiger partial charge on any atom is 0.262 e. The lowest BCUT2D eigenvalue weighted by atomic mass is 10.1. The molecule has 0 radical (unpaired) electrons. The lowest BCUT2D eigenvalue weighted by molar-refractivity contribution is 0.0985. The quantitative estimate of drug-likeness (QED) is 0.502. The fourth-order valence-corrected chi connectivity index (χ4v) is 2.24. The molecular formula is C9H10ClNO3S. The van der Waals surface area contributed by atoms with E-state index in [1.807, 2.05) is 0 Å². The van der Waals surface area contributed by atoms with Gasteiger partial charge in [0.15, 0.2) is 5.78 Å². The normalized spacial score (nSPS) is 11.3.